The molecule has 0 saturated carbocycles. The van der Waals surface area contributed by atoms with Crippen LogP contribution in [-0.2, 0) is 13.1 Å². The van der Waals surface area contributed by atoms with Gasteiger partial charge >= 0.3 is 0 Å². The fraction of sp³-hybridized carbons (Fsp3) is 0.350. The van der Waals surface area contributed by atoms with Gasteiger partial charge in [0.25, 0.3) is 0 Å². The van der Waals surface area contributed by atoms with E-state index < -0.39 is 0 Å². The maximum Gasteiger partial charge on any atom is 0.135 e. The van der Waals surface area contributed by atoms with E-state index in [1.807, 2.05) is 28.9 Å². The minimum absolute atomic E-state index is 0.534. The minimum atomic E-state index is 0.534. The quantitative estimate of drug-likeness (QED) is 0.660. The number of piperidine rings is 1. The molecule has 1 unspecified atom stereocenters. The van der Waals surface area contributed by atoms with Crippen LogP contribution in [0.4, 0.5) is 0 Å². The Hall–Kier alpha value is -2.11. The van der Waals surface area contributed by atoms with Crippen LogP contribution in [0, 0.1) is 4.64 Å². The van der Waals surface area contributed by atoms with Gasteiger partial charge < -0.3 is 0 Å². The van der Waals surface area contributed by atoms with Crippen molar-refractivity contribution in [3.63, 3.8) is 0 Å². The Kier molecular flexibility index (Phi) is 4.85. The summed E-state index contributed by atoms with van der Waals surface area (Å²) in [5.41, 5.74) is 2.26. The highest BCUT2D eigenvalue weighted by Gasteiger charge is 2.23. The third kappa shape index (κ3) is 3.62. The largest absolute Gasteiger partial charge is 0.281 e. The molecule has 3 aromatic rings. The molecule has 4 rings (SSSR count). The summed E-state index contributed by atoms with van der Waals surface area (Å²) in [6.45, 7) is 1.81. The zero-order valence-electron chi connectivity index (χ0n) is 14.2. The fourth-order valence-corrected chi connectivity index (χ4v) is 3.92. The van der Waals surface area contributed by atoms with E-state index in [0.29, 0.717) is 12.7 Å². The number of likely N-dealkylation sites (tertiary alicyclic amines) is 1. The van der Waals surface area contributed by atoms with Crippen LogP contribution in [0.5, 0.6) is 0 Å². The van der Waals surface area contributed by atoms with E-state index in [0.717, 1.165) is 28.5 Å². The Morgan fingerprint density at radius 1 is 1.00 bits per heavy atom. The molecule has 0 aliphatic carbocycles. The lowest BCUT2D eigenvalue weighted by atomic mass is 9.96. The van der Waals surface area contributed by atoms with Gasteiger partial charge in [-0.05, 0) is 37.0 Å². The summed E-state index contributed by atoms with van der Waals surface area (Å²) >= 11 is 5.66. The zero-order valence-corrected chi connectivity index (χ0v) is 15.0. The molecular formula is C20H22N4S. The minimum Gasteiger partial charge on any atom is -0.281 e. The molecule has 2 heterocycles. The van der Waals surface area contributed by atoms with Gasteiger partial charge in [-0.15, -0.1) is 5.10 Å². The maximum atomic E-state index is 5.66. The molecule has 0 spiro atoms. The summed E-state index contributed by atoms with van der Waals surface area (Å²) in [6, 6.07) is 19.2. The van der Waals surface area contributed by atoms with Gasteiger partial charge in [-0.2, -0.15) is 0 Å². The molecular weight excluding hydrogens is 328 g/mol. The van der Waals surface area contributed by atoms with Crippen LogP contribution in [0.2, 0.25) is 0 Å². The fourth-order valence-electron chi connectivity index (χ4n) is 3.65. The van der Waals surface area contributed by atoms with E-state index >= 15 is 0 Å². The highest BCUT2D eigenvalue weighted by atomic mass is 32.1. The van der Waals surface area contributed by atoms with Gasteiger partial charge in [0.2, 0.25) is 0 Å². The van der Waals surface area contributed by atoms with E-state index in [1.165, 1.54) is 24.8 Å². The highest BCUT2D eigenvalue weighted by Crippen LogP contribution is 2.22. The van der Waals surface area contributed by atoms with Crippen LogP contribution in [0.25, 0.3) is 10.9 Å². The average Bonchev–Trinajstić information content (AvgIpc) is 2.66. The van der Waals surface area contributed by atoms with Gasteiger partial charge in [-0.3, -0.25) is 4.90 Å². The molecule has 0 radical (unpaired) electrons. The molecule has 1 aliphatic heterocycles. The Bertz CT molecular complexity index is 906. The van der Waals surface area contributed by atoms with E-state index in [-0.39, 0.29) is 0 Å². The number of rotatable bonds is 4. The molecule has 0 N–H and O–H groups in total. The van der Waals surface area contributed by atoms with Crippen molar-refractivity contribution in [3.05, 3.63) is 64.8 Å². The first-order valence-corrected chi connectivity index (χ1v) is 9.32. The average molecular weight is 350 g/mol. The highest BCUT2D eigenvalue weighted by molar-refractivity contribution is 7.71. The van der Waals surface area contributed by atoms with Gasteiger partial charge in [0.15, 0.2) is 0 Å². The smallest absolute Gasteiger partial charge is 0.135 e. The van der Waals surface area contributed by atoms with Gasteiger partial charge in [-0.25, -0.2) is 4.68 Å². The SMILES string of the molecule is S=c1c2ccccc2nnn1CN1CCCCC1Cc1ccccc1. The molecule has 0 amide bonds. The zero-order chi connectivity index (χ0) is 17.1. The molecule has 25 heavy (non-hydrogen) atoms. The van der Waals surface area contributed by atoms with Crippen molar-refractivity contribution < 1.29 is 0 Å². The number of benzene rings is 2. The molecule has 4 nitrogen and oxygen atoms in total. The Morgan fingerprint density at radius 3 is 2.68 bits per heavy atom. The summed E-state index contributed by atoms with van der Waals surface area (Å²) in [7, 11) is 0. The van der Waals surface area contributed by atoms with Crippen LogP contribution in [0.3, 0.4) is 0 Å². The van der Waals surface area contributed by atoms with Crippen LogP contribution in [-0.4, -0.2) is 32.5 Å². The Labute approximate surface area is 153 Å². The Morgan fingerprint density at radius 2 is 1.80 bits per heavy atom. The summed E-state index contributed by atoms with van der Waals surface area (Å²) in [5.74, 6) is 0. The van der Waals surface area contributed by atoms with Crippen LogP contribution < -0.4 is 0 Å². The van der Waals surface area contributed by atoms with Crippen LogP contribution in [0.1, 0.15) is 24.8 Å². The number of nitrogens with zero attached hydrogens (tertiary/aromatic N) is 4. The molecule has 5 heteroatoms. The van der Waals surface area contributed by atoms with Crippen molar-refractivity contribution in [2.75, 3.05) is 6.54 Å². The van der Waals surface area contributed by atoms with Crippen LogP contribution >= 0.6 is 12.2 Å². The normalized spacial score (nSPS) is 18.5. The predicted octanol–water partition coefficient (Wildman–Crippen LogP) is 4.22. The third-order valence-electron chi connectivity index (χ3n) is 5.01. The molecule has 1 aromatic heterocycles. The second-order valence-corrected chi connectivity index (χ2v) is 7.09. The molecule has 1 aliphatic rings. The first kappa shape index (κ1) is 16.4. The van der Waals surface area contributed by atoms with Gasteiger partial charge in [0.1, 0.15) is 4.64 Å². The van der Waals surface area contributed by atoms with Crippen molar-refractivity contribution in [1.82, 2.24) is 19.9 Å². The lowest BCUT2D eigenvalue weighted by Crippen LogP contribution is -2.42. The van der Waals surface area contributed by atoms with Crippen LogP contribution in [0.15, 0.2) is 54.6 Å². The van der Waals surface area contributed by atoms with E-state index in [4.69, 9.17) is 12.2 Å². The molecule has 0 bridgehead atoms. The summed E-state index contributed by atoms with van der Waals surface area (Å²) < 4.78 is 2.65. The molecule has 1 atom stereocenters. The van der Waals surface area contributed by atoms with Crippen molar-refractivity contribution in [3.8, 4) is 0 Å². The number of fused-ring (bicyclic) bond motifs is 1. The van der Waals surface area contributed by atoms with Crippen molar-refractivity contribution in [2.24, 2.45) is 0 Å². The second-order valence-electron chi connectivity index (χ2n) is 6.70. The lowest BCUT2D eigenvalue weighted by Gasteiger charge is -2.35. The molecule has 1 fully saturated rings. The maximum absolute atomic E-state index is 5.66. The first-order valence-electron chi connectivity index (χ1n) is 8.92. The molecule has 128 valence electrons. The predicted molar refractivity (Wildman–Crippen MR) is 103 cm³/mol. The summed E-state index contributed by atoms with van der Waals surface area (Å²) in [4.78, 5) is 2.51. The molecule has 1 saturated heterocycles. The topological polar surface area (TPSA) is 34.0 Å². The second kappa shape index (κ2) is 7.42. The number of aromatic nitrogens is 3. The number of hydrogen-bond acceptors (Lipinski definition) is 4. The van der Waals surface area contributed by atoms with Gasteiger partial charge in [0, 0.05) is 18.0 Å². The first-order chi connectivity index (χ1) is 12.3. The third-order valence-corrected chi connectivity index (χ3v) is 5.44. The van der Waals surface area contributed by atoms with Crippen molar-refractivity contribution in [1.29, 1.82) is 0 Å². The van der Waals surface area contributed by atoms with Gasteiger partial charge in [-0.1, -0.05) is 66.3 Å². The lowest BCUT2D eigenvalue weighted by molar-refractivity contribution is 0.101. The molecule has 2 aromatic carbocycles. The monoisotopic (exact) mass is 350 g/mol. The van der Waals surface area contributed by atoms with Crippen molar-refractivity contribution >= 4 is 23.1 Å². The van der Waals surface area contributed by atoms with Crippen molar-refractivity contribution in [2.45, 2.75) is 38.4 Å². The summed E-state index contributed by atoms with van der Waals surface area (Å²) in [5, 5.41) is 9.70. The van der Waals surface area contributed by atoms with Gasteiger partial charge in [0.05, 0.1) is 12.2 Å². The van der Waals surface area contributed by atoms with E-state index in [2.05, 4.69) is 45.5 Å². The standard InChI is InChI=1S/C20H22N4S/c25-20-18-11-4-5-12-19(18)21-22-24(20)15-23-13-7-6-10-17(23)14-16-8-2-1-3-9-16/h1-5,8-9,11-12,17H,6-7,10,13-15H2. The van der Waals surface area contributed by atoms with E-state index in [1.54, 1.807) is 0 Å². The Balaban J connectivity index is 1.57. The number of hydrogen-bond donors (Lipinski definition) is 0. The van der Waals surface area contributed by atoms with E-state index in [9.17, 15) is 0 Å². The summed E-state index contributed by atoms with van der Waals surface area (Å²) in [6.07, 6.45) is 4.83.